The molecule has 0 saturated heterocycles. The van der Waals surface area contributed by atoms with Gasteiger partial charge < -0.3 is 10.1 Å². The summed E-state index contributed by atoms with van der Waals surface area (Å²) in [5.74, 6) is 1.57. The zero-order valence-corrected chi connectivity index (χ0v) is 12.6. The minimum atomic E-state index is 0.375. The molecule has 100 valence electrons. The summed E-state index contributed by atoms with van der Waals surface area (Å²) in [4.78, 5) is 8.31. The van der Waals surface area contributed by atoms with E-state index in [0.29, 0.717) is 12.4 Å². The van der Waals surface area contributed by atoms with Crippen LogP contribution in [-0.2, 0) is 13.2 Å². The Morgan fingerprint density at radius 2 is 2.00 bits per heavy atom. The van der Waals surface area contributed by atoms with Gasteiger partial charge in [-0.1, -0.05) is 15.9 Å². The third-order valence-corrected chi connectivity index (χ3v) is 3.11. The summed E-state index contributed by atoms with van der Waals surface area (Å²) < 4.78 is 6.93. The molecule has 0 amide bonds. The van der Waals surface area contributed by atoms with Crippen LogP contribution >= 0.6 is 15.9 Å². The molecule has 0 aliphatic rings. The van der Waals surface area contributed by atoms with E-state index in [-0.39, 0.29) is 0 Å². The number of rotatable bonds is 5. The maximum absolute atomic E-state index is 5.88. The molecule has 1 aromatic carbocycles. The maximum atomic E-state index is 5.88. The van der Waals surface area contributed by atoms with Crippen LogP contribution in [0.3, 0.4) is 0 Å². The lowest BCUT2D eigenvalue weighted by Crippen LogP contribution is -2.09. The largest absolute Gasteiger partial charge is 0.485 e. The molecular formula is C14H16BrN3O. The van der Waals surface area contributed by atoms with Gasteiger partial charge >= 0.3 is 0 Å². The van der Waals surface area contributed by atoms with Crippen molar-refractivity contribution < 1.29 is 4.74 Å². The van der Waals surface area contributed by atoms with E-state index < -0.39 is 0 Å². The number of hydrogen-bond donors (Lipinski definition) is 1. The Morgan fingerprint density at radius 1 is 1.26 bits per heavy atom. The number of hydrogen-bond acceptors (Lipinski definition) is 4. The predicted octanol–water partition coefficient (Wildman–Crippen LogP) is 2.85. The molecule has 0 aliphatic carbocycles. The molecule has 5 heteroatoms. The Hall–Kier alpha value is -1.46. The molecule has 0 spiro atoms. The summed E-state index contributed by atoms with van der Waals surface area (Å²) >= 11 is 3.51. The zero-order valence-electron chi connectivity index (χ0n) is 11.0. The lowest BCUT2D eigenvalue weighted by atomic mass is 10.1. The first-order chi connectivity index (χ1) is 9.20. The smallest absolute Gasteiger partial charge is 0.166 e. The summed E-state index contributed by atoms with van der Waals surface area (Å²) in [6.07, 6.45) is 3.43. The van der Waals surface area contributed by atoms with Gasteiger partial charge in [0.2, 0.25) is 0 Å². The van der Waals surface area contributed by atoms with E-state index in [0.717, 1.165) is 27.9 Å². The fraction of sp³-hybridized carbons (Fsp3) is 0.286. The minimum absolute atomic E-state index is 0.375. The van der Waals surface area contributed by atoms with Gasteiger partial charge in [0.05, 0.1) is 0 Å². The SMILES string of the molecule is CNCc1cc(Br)cc(C)c1OCc1ncccn1. The molecule has 0 unspecified atom stereocenters. The summed E-state index contributed by atoms with van der Waals surface area (Å²) in [6.45, 7) is 3.16. The molecule has 2 rings (SSSR count). The molecular weight excluding hydrogens is 306 g/mol. The Labute approximate surface area is 121 Å². The Kier molecular flexibility index (Phi) is 4.87. The van der Waals surface area contributed by atoms with Crippen LogP contribution in [0.5, 0.6) is 5.75 Å². The standard InChI is InChI=1S/C14H16BrN3O/c1-10-6-12(15)7-11(8-16-2)14(10)19-9-13-17-4-3-5-18-13/h3-7,16H,8-9H2,1-2H3. The summed E-state index contributed by atoms with van der Waals surface area (Å²) in [7, 11) is 1.92. The van der Waals surface area contributed by atoms with E-state index in [1.807, 2.05) is 20.0 Å². The molecule has 19 heavy (non-hydrogen) atoms. The van der Waals surface area contributed by atoms with E-state index in [2.05, 4.69) is 37.3 Å². The first kappa shape index (κ1) is 14.0. The third-order valence-electron chi connectivity index (χ3n) is 2.65. The molecule has 0 fully saturated rings. The fourth-order valence-corrected chi connectivity index (χ4v) is 2.49. The number of nitrogens with zero attached hydrogens (tertiary/aromatic N) is 2. The van der Waals surface area contributed by atoms with E-state index >= 15 is 0 Å². The summed E-state index contributed by atoms with van der Waals surface area (Å²) in [5.41, 5.74) is 2.21. The molecule has 1 aromatic heterocycles. The number of benzene rings is 1. The monoisotopic (exact) mass is 321 g/mol. The average molecular weight is 322 g/mol. The predicted molar refractivity (Wildman–Crippen MR) is 78.0 cm³/mol. The van der Waals surface area contributed by atoms with Gasteiger partial charge in [-0.2, -0.15) is 0 Å². The second kappa shape index (κ2) is 6.63. The van der Waals surface area contributed by atoms with Gasteiger partial charge in [-0.25, -0.2) is 9.97 Å². The number of nitrogens with one attached hydrogen (secondary N) is 1. The summed E-state index contributed by atoms with van der Waals surface area (Å²) in [5, 5.41) is 3.14. The van der Waals surface area contributed by atoms with Gasteiger partial charge in [-0.15, -0.1) is 0 Å². The molecule has 0 aliphatic heterocycles. The first-order valence-corrected chi connectivity index (χ1v) is 6.82. The Morgan fingerprint density at radius 3 is 2.68 bits per heavy atom. The van der Waals surface area contributed by atoms with Crippen molar-refractivity contribution in [1.82, 2.24) is 15.3 Å². The van der Waals surface area contributed by atoms with Crippen LogP contribution in [0, 0.1) is 6.92 Å². The topological polar surface area (TPSA) is 47.0 Å². The lowest BCUT2D eigenvalue weighted by Gasteiger charge is -2.14. The number of halogens is 1. The van der Waals surface area contributed by atoms with Crippen LogP contribution in [0.25, 0.3) is 0 Å². The van der Waals surface area contributed by atoms with Crippen molar-refractivity contribution in [2.24, 2.45) is 0 Å². The van der Waals surface area contributed by atoms with Crippen LogP contribution in [0.1, 0.15) is 17.0 Å². The van der Waals surface area contributed by atoms with Crippen molar-refractivity contribution in [3.05, 3.63) is 52.0 Å². The third kappa shape index (κ3) is 3.75. The van der Waals surface area contributed by atoms with Crippen LogP contribution < -0.4 is 10.1 Å². The highest BCUT2D eigenvalue weighted by molar-refractivity contribution is 9.10. The molecule has 2 aromatic rings. The molecule has 1 N–H and O–H groups in total. The van der Waals surface area contributed by atoms with Gasteiger partial charge in [0.1, 0.15) is 12.4 Å². The molecule has 1 heterocycles. The quantitative estimate of drug-likeness (QED) is 0.919. The second-order valence-corrected chi connectivity index (χ2v) is 5.11. The number of aryl methyl sites for hydroxylation is 1. The van der Waals surface area contributed by atoms with Gasteiger partial charge in [0, 0.05) is 29.0 Å². The van der Waals surface area contributed by atoms with E-state index in [1.165, 1.54) is 0 Å². The fourth-order valence-electron chi connectivity index (χ4n) is 1.87. The van der Waals surface area contributed by atoms with Crippen molar-refractivity contribution in [3.8, 4) is 5.75 Å². The first-order valence-electron chi connectivity index (χ1n) is 6.03. The van der Waals surface area contributed by atoms with E-state index in [9.17, 15) is 0 Å². The molecule has 0 bridgehead atoms. The zero-order chi connectivity index (χ0) is 13.7. The van der Waals surface area contributed by atoms with Gasteiger partial charge in [0.25, 0.3) is 0 Å². The number of aromatic nitrogens is 2. The molecule has 4 nitrogen and oxygen atoms in total. The highest BCUT2D eigenvalue weighted by Gasteiger charge is 2.09. The van der Waals surface area contributed by atoms with Crippen LogP contribution in [0.2, 0.25) is 0 Å². The lowest BCUT2D eigenvalue weighted by molar-refractivity contribution is 0.290. The van der Waals surface area contributed by atoms with Crippen LogP contribution in [0.15, 0.2) is 35.1 Å². The Balaban J connectivity index is 2.19. The van der Waals surface area contributed by atoms with Crippen LogP contribution in [0.4, 0.5) is 0 Å². The Bertz CT molecular complexity index is 546. The van der Waals surface area contributed by atoms with E-state index in [4.69, 9.17) is 4.74 Å². The van der Waals surface area contributed by atoms with Crippen molar-refractivity contribution >= 4 is 15.9 Å². The number of ether oxygens (including phenoxy) is 1. The van der Waals surface area contributed by atoms with Crippen LogP contribution in [-0.4, -0.2) is 17.0 Å². The highest BCUT2D eigenvalue weighted by atomic mass is 79.9. The molecule has 0 atom stereocenters. The molecule has 0 radical (unpaired) electrons. The average Bonchev–Trinajstić information content (AvgIpc) is 2.39. The maximum Gasteiger partial charge on any atom is 0.166 e. The van der Waals surface area contributed by atoms with Crippen molar-refractivity contribution in [1.29, 1.82) is 0 Å². The van der Waals surface area contributed by atoms with Gasteiger partial charge in [-0.05, 0) is 37.7 Å². The van der Waals surface area contributed by atoms with Gasteiger partial charge in [0.15, 0.2) is 5.82 Å². The normalized spacial score (nSPS) is 10.5. The van der Waals surface area contributed by atoms with Crippen molar-refractivity contribution in [3.63, 3.8) is 0 Å². The second-order valence-electron chi connectivity index (χ2n) is 4.19. The van der Waals surface area contributed by atoms with E-state index in [1.54, 1.807) is 18.5 Å². The minimum Gasteiger partial charge on any atom is -0.485 e. The molecule has 0 saturated carbocycles. The van der Waals surface area contributed by atoms with Gasteiger partial charge in [-0.3, -0.25) is 0 Å². The van der Waals surface area contributed by atoms with Crippen molar-refractivity contribution in [2.45, 2.75) is 20.1 Å². The summed E-state index contributed by atoms with van der Waals surface area (Å²) in [6, 6.07) is 5.89. The highest BCUT2D eigenvalue weighted by Crippen LogP contribution is 2.28. The van der Waals surface area contributed by atoms with Crippen molar-refractivity contribution in [2.75, 3.05) is 7.05 Å².